The zero-order valence-corrected chi connectivity index (χ0v) is 23.4. The first-order chi connectivity index (χ1) is 20.4. The molecule has 0 saturated carbocycles. The van der Waals surface area contributed by atoms with Crippen LogP contribution in [0.5, 0.6) is 0 Å². The van der Waals surface area contributed by atoms with Crippen LogP contribution >= 0.6 is 0 Å². The Bertz CT molecular complexity index is 1840. The molecule has 0 radical (unpaired) electrons. The number of rotatable bonds is 5. The van der Waals surface area contributed by atoms with Crippen molar-refractivity contribution in [3.63, 3.8) is 0 Å². The van der Waals surface area contributed by atoms with E-state index in [1.165, 1.54) is 6.08 Å². The van der Waals surface area contributed by atoms with Gasteiger partial charge >= 0.3 is 5.69 Å². The number of nitrogen functional groups attached to an aromatic ring is 1. The van der Waals surface area contributed by atoms with Crippen LogP contribution in [0.1, 0.15) is 31.0 Å². The Hall–Kier alpha value is -4.88. The summed E-state index contributed by atoms with van der Waals surface area (Å²) in [6.45, 7) is 9.79. The van der Waals surface area contributed by atoms with Crippen LogP contribution in [0.2, 0.25) is 0 Å². The topological polar surface area (TPSA) is 110 Å². The molecule has 0 atom stereocenters. The lowest BCUT2D eigenvalue weighted by Gasteiger charge is -2.35. The molecule has 0 spiro atoms. The van der Waals surface area contributed by atoms with E-state index in [4.69, 9.17) is 5.73 Å². The smallest absolute Gasteiger partial charge is 0.355 e. The van der Waals surface area contributed by atoms with Gasteiger partial charge in [0.25, 0.3) is 0 Å². The lowest BCUT2D eigenvalue weighted by atomic mass is 10.0. The van der Waals surface area contributed by atoms with E-state index in [1.807, 2.05) is 13.8 Å². The number of halogens is 5. The number of aromatic nitrogens is 4. The maximum atomic E-state index is 15.8. The van der Waals surface area contributed by atoms with Crippen molar-refractivity contribution in [1.29, 1.82) is 0 Å². The number of pyridine rings is 2. The van der Waals surface area contributed by atoms with Gasteiger partial charge in [0.1, 0.15) is 11.5 Å². The monoisotopic (exact) mass is 599 g/mol. The minimum Gasteiger partial charge on any atom is -0.396 e. The van der Waals surface area contributed by atoms with Crippen LogP contribution in [0, 0.1) is 36.0 Å². The molecular formula is C29H26F5N7O2. The van der Waals surface area contributed by atoms with E-state index < -0.39 is 51.7 Å². The molecule has 43 heavy (non-hydrogen) atoms. The van der Waals surface area contributed by atoms with E-state index in [0.29, 0.717) is 11.3 Å². The molecule has 224 valence electrons. The first kappa shape index (κ1) is 29.6. The summed E-state index contributed by atoms with van der Waals surface area (Å²) >= 11 is 0. The molecule has 1 saturated heterocycles. The van der Waals surface area contributed by atoms with Gasteiger partial charge < -0.3 is 15.5 Å². The highest BCUT2D eigenvalue weighted by Gasteiger charge is 2.30. The number of hydrogen-bond donors (Lipinski definition) is 1. The fourth-order valence-corrected chi connectivity index (χ4v) is 5.16. The number of piperazine rings is 1. The van der Waals surface area contributed by atoms with Crippen LogP contribution in [-0.2, 0) is 4.79 Å². The Balaban J connectivity index is 1.85. The quantitative estimate of drug-likeness (QED) is 0.119. The molecule has 3 aromatic heterocycles. The molecule has 0 bridgehead atoms. The van der Waals surface area contributed by atoms with E-state index in [-0.39, 0.29) is 60.5 Å². The number of carbonyl (C=O) groups is 1. The summed E-state index contributed by atoms with van der Waals surface area (Å²) in [4.78, 5) is 41.9. The van der Waals surface area contributed by atoms with Crippen molar-refractivity contribution >= 4 is 28.4 Å². The number of anilines is 2. The van der Waals surface area contributed by atoms with Crippen molar-refractivity contribution in [1.82, 2.24) is 24.4 Å². The van der Waals surface area contributed by atoms with Gasteiger partial charge in [-0.15, -0.1) is 0 Å². The third-order valence-electron chi connectivity index (χ3n) is 7.33. The highest BCUT2D eigenvalue weighted by Crippen LogP contribution is 2.37. The second-order valence-corrected chi connectivity index (χ2v) is 10.3. The minimum atomic E-state index is -2.20. The Morgan fingerprint density at radius 2 is 1.67 bits per heavy atom. The molecule has 1 aliphatic heterocycles. The summed E-state index contributed by atoms with van der Waals surface area (Å²) in [6.07, 6.45) is 2.73. The van der Waals surface area contributed by atoms with Crippen LogP contribution in [0.3, 0.4) is 0 Å². The van der Waals surface area contributed by atoms with Gasteiger partial charge in [0.2, 0.25) is 5.91 Å². The summed E-state index contributed by atoms with van der Waals surface area (Å²) in [5.74, 6) is -9.95. The maximum Gasteiger partial charge on any atom is 0.355 e. The minimum absolute atomic E-state index is 0.00402. The number of carbonyl (C=O) groups excluding carboxylic acids is 1. The van der Waals surface area contributed by atoms with Gasteiger partial charge in [-0.1, -0.05) is 20.4 Å². The lowest BCUT2D eigenvalue weighted by molar-refractivity contribution is -0.126. The summed E-state index contributed by atoms with van der Waals surface area (Å²) in [6, 6.07) is 2.53. The molecule has 0 unspecified atom stereocenters. The van der Waals surface area contributed by atoms with E-state index in [0.717, 1.165) is 10.6 Å². The molecule has 1 aromatic carbocycles. The lowest BCUT2D eigenvalue weighted by Crippen LogP contribution is -2.49. The standard InChI is InChI=1S/C29H26F5N7O2/c1-5-17(42)39-8-10-40(11-9-39)27-15-12-16(30)25(18-19(31)20(32)21(33)22(34)23(18)35)37-28(15)41(29(43)38-27)26-14(4)6-7-36-24(26)13(2)3/h5-7,12-13H,1,8-11,35H2,2-4H3. The van der Waals surface area contributed by atoms with E-state index in [1.54, 1.807) is 29.0 Å². The number of amides is 1. The molecule has 1 fully saturated rings. The van der Waals surface area contributed by atoms with Crippen molar-refractivity contribution in [2.24, 2.45) is 0 Å². The second kappa shape index (κ2) is 11.1. The molecule has 14 heteroatoms. The molecule has 2 N–H and O–H groups in total. The molecule has 4 heterocycles. The molecule has 5 rings (SSSR count). The summed E-state index contributed by atoms with van der Waals surface area (Å²) in [5.41, 5.74) is 2.54. The van der Waals surface area contributed by atoms with Crippen LogP contribution in [0.25, 0.3) is 28.0 Å². The van der Waals surface area contributed by atoms with Crippen molar-refractivity contribution in [3.05, 3.63) is 81.8 Å². The highest BCUT2D eigenvalue weighted by atomic mass is 19.2. The van der Waals surface area contributed by atoms with Crippen LogP contribution in [0.15, 0.2) is 35.8 Å². The van der Waals surface area contributed by atoms with Crippen molar-refractivity contribution in [2.45, 2.75) is 26.7 Å². The molecular weight excluding hydrogens is 573 g/mol. The summed E-state index contributed by atoms with van der Waals surface area (Å²) < 4.78 is 74.4. The van der Waals surface area contributed by atoms with Crippen molar-refractivity contribution < 1.29 is 26.7 Å². The third-order valence-corrected chi connectivity index (χ3v) is 7.33. The van der Waals surface area contributed by atoms with Gasteiger partial charge in [0.15, 0.2) is 34.7 Å². The zero-order chi connectivity index (χ0) is 31.3. The second-order valence-electron chi connectivity index (χ2n) is 10.3. The molecule has 4 aromatic rings. The molecule has 9 nitrogen and oxygen atoms in total. The van der Waals surface area contributed by atoms with Crippen LogP contribution < -0.4 is 16.3 Å². The van der Waals surface area contributed by atoms with E-state index in [2.05, 4.69) is 21.5 Å². The molecule has 1 aliphatic rings. The number of fused-ring (bicyclic) bond motifs is 1. The van der Waals surface area contributed by atoms with Gasteiger partial charge in [-0.25, -0.2) is 36.3 Å². The van der Waals surface area contributed by atoms with Crippen molar-refractivity contribution in [3.8, 4) is 16.9 Å². The van der Waals surface area contributed by atoms with E-state index >= 15 is 8.78 Å². The fraction of sp³-hybridized carbons (Fsp3) is 0.276. The highest BCUT2D eigenvalue weighted by molar-refractivity contribution is 5.92. The van der Waals surface area contributed by atoms with E-state index in [9.17, 15) is 22.8 Å². The third kappa shape index (κ3) is 4.85. The number of nitrogens with two attached hydrogens (primary N) is 1. The predicted molar refractivity (Wildman–Crippen MR) is 150 cm³/mol. The first-order valence-corrected chi connectivity index (χ1v) is 13.2. The van der Waals surface area contributed by atoms with Crippen LogP contribution in [-0.4, -0.2) is 56.5 Å². The maximum absolute atomic E-state index is 15.8. The Labute approximate surface area is 242 Å². The fourth-order valence-electron chi connectivity index (χ4n) is 5.16. The molecule has 0 aliphatic carbocycles. The summed E-state index contributed by atoms with van der Waals surface area (Å²) in [5, 5.41) is 0.00402. The Morgan fingerprint density at radius 3 is 2.30 bits per heavy atom. The Morgan fingerprint density at radius 1 is 1.02 bits per heavy atom. The predicted octanol–water partition coefficient (Wildman–Crippen LogP) is 4.39. The normalized spacial score (nSPS) is 13.7. The number of hydrogen-bond acceptors (Lipinski definition) is 7. The average Bonchev–Trinajstić information content (AvgIpc) is 2.99. The number of benzene rings is 1. The van der Waals surface area contributed by atoms with Gasteiger partial charge in [0.05, 0.1) is 28.0 Å². The zero-order valence-electron chi connectivity index (χ0n) is 23.4. The number of aryl methyl sites for hydroxylation is 1. The van der Waals surface area contributed by atoms with Gasteiger partial charge in [-0.05, 0) is 36.6 Å². The first-order valence-electron chi connectivity index (χ1n) is 13.2. The van der Waals surface area contributed by atoms with Gasteiger partial charge in [-0.2, -0.15) is 4.98 Å². The van der Waals surface area contributed by atoms with Gasteiger partial charge in [0, 0.05) is 32.4 Å². The Kier molecular flexibility index (Phi) is 7.63. The van der Waals surface area contributed by atoms with Crippen molar-refractivity contribution in [2.75, 3.05) is 36.8 Å². The van der Waals surface area contributed by atoms with Crippen LogP contribution in [0.4, 0.5) is 33.5 Å². The summed E-state index contributed by atoms with van der Waals surface area (Å²) in [7, 11) is 0. The van der Waals surface area contributed by atoms with Gasteiger partial charge in [-0.3, -0.25) is 9.78 Å². The largest absolute Gasteiger partial charge is 0.396 e. The number of nitrogens with zero attached hydrogens (tertiary/aromatic N) is 6. The SMILES string of the molecule is C=CC(=O)N1CCN(c2nc(=O)n(-c3c(C)ccnc3C(C)C)c3nc(-c4c(N)c(F)c(F)c(F)c4F)c(F)cc23)CC1. The average molecular weight is 600 g/mol. The molecule has 1 amide bonds.